The molecule has 0 amide bonds. The molecule has 3 aromatic rings. The molecule has 1 aromatic carbocycles. The van der Waals surface area contributed by atoms with Gasteiger partial charge in [0, 0.05) is 22.8 Å². The molecule has 27 heavy (non-hydrogen) atoms. The highest BCUT2D eigenvalue weighted by atomic mass is 32.2. The lowest BCUT2D eigenvalue weighted by atomic mass is 10.1. The Morgan fingerprint density at radius 3 is 2.07 bits per heavy atom. The molecule has 0 unspecified atom stereocenters. The third-order valence-corrected chi connectivity index (χ3v) is 7.71. The number of benzene rings is 1. The average molecular weight is 422 g/mol. The lowest BCUT2D eigenvalue weighted by molar-refractivity contribution is 0.0600. The molecule has 8 heteroatoms. The normalized spacial score (nSPS) is 11.7. The summed E-state index contributed by atoms with van der Waals surface area (Å²) in [6.45, 7) is 2.29. The van der Waals surface area contributed by atoms with Crippen molar-refractivity contribution >= 4 is 38.7 Å². The molecule has 0 fully saturated rings. The maximum atomic E-state index is 13.4. The predicted molar refractivity (Wildman–Crippen MR) is 108 cm³/mol. The van der Waals surface area contributed by atoms with Crippen molar-refractivity contribution in [3.05, 3.63) is 74.1 Å². The van der Waals surface area contributed by atoms with Crippen LogP contribution in [0.1, 0.15) is 25.7 Å². The van der Waals surface area contributed by atoms with Crippen LogP contribution in [0.2, 0.25) is 0 Å². The number of hydrogen-bond donors (Lipinski definition) is 0. The Morgan fingerprint density at radius 1 is 1.04 bits per heavy atom. The summed E-state index contributed by atoms with van der Waals surface area (Å²) in [5.74, 6) is -0.490. The fraction of sp³-hybridized carbons (Fsp3) is 0.211. The van der Waals surface area contributed by atoms with E-state index in [0.717, 1.165) is 9.75 Å². The number of hydrogen-bond acceptors (Lipinski definition) is 6. The van der Waals surface area contributed by atoms with Gasteiger partial charge in [-0.1, -0.05) is 12.1 Å². The Bertz CT molecular complexity index is 973. The summed E-state index contributed by atoms with van der Waals surface area (Å²) in [5.41, 5.74) is 0.845. The van der Waals surface area contributed by atoms with Gasteiger partial charge in [0.05, 0.1) is 17.6 Å². The number of nitrogens with zero attached hydrogens (tertiary/aromatic N) is 1. The third-order valence-electron chi connectivity index (χ3n) is 4.04. The fourth-order valence-corrected chi connectivity index (χ4v) is 5.91. The zero-order chi connectivity index (χ0) is 19.4. The first kappa shape index (κ1) is 19.8. The van der Waals surface area contributed by atoms with E-state index in [1.165, 1.54) is 46.2 Å². The van der Waals surface area contributed by atoms with Crippen molar-refractivity contribution in [2.24, 2.45) is 0 Å². The van der Waals surface area contributed by atoms with E-state index in [2.05, 4.69) is 0 Å². The van der Waals surface area contributed by atoms with Crippen molar-refractivity contribution in [1.29, 1.82) is 0 Å². The summed E-state index contributed by atoms with van der Waals surface area (Å²) in [5, 5.41) is 3.86. The Labute approximate surface area is 166 Å². The molecule has 0 bridgehead atoms. The molecule has 5 nitrogen and oxygen atoms in total. The molecule has 3 rings (SSSR count). The maximum Gasteiger partial charge on any atom is 0.337 e. The number of methoxy groups -OCH3 is 1. The number of aryl methyl sites for hydroxylation is 1. The fourth-order valence-electron chi connectivity index (χ4n) is 2.70. The first-order chi connectivity index (χ1) is 12.9. The number of carbonyl (C=O) groups is 1. The monoisotopic (exact) mass is 421 g/mol. The minimum Gasteiger partial charge on any atom is -0.465 e. The van der Waals surface area contributed by atoms with Gasteiger partial charge in [-0.2, -0.15) is 4.31 Å². The first-order valence-corrected chi connectivity index (χ1v) is 11.4. The lowest BCUT2D eigenvalue weighted by Crippen LogP contribution is -2.30. The number of esters is 1. The lowest BCUT2D eigenvalue weighted by Gasteiger charge is -2.22. The van der Waals surface area contributed by atoms with Crippen molar-refractivity contribution in [2.75, 3.05) is 7.11 Å². The molecule has 0 spiro atoms. The largest absolute Gasteiger partial charge is 0.465 e. The zero-order valence-corrected chi connectivity index (χ0v) is 17.4. The highest BCUT2D eigenvalue weighted by Gasteiger charge is 2.27. The smallest absolute Gasteiger partial charge is 0.337 e. The highest BCUT2D eigenvalue weighted by molar-refractivity contribution is 7.89. The Balaban J connectivity index is 1.97. The van der Waals surface area contributed by atoms with E-state index >= 15 is 0 Å². The number of rotatable bonds is 7. The van der Waals surface area contributed by atoms with Crippen LogP contribution in [0.3, 0.4) is 0 Å². The summed E-state index contributed by atoms with van der Waals surface area (Å²) in [4.78, 5) is 13.8. The standard InChI is InChI=1S/C19H19NO4S3/c1-14-11-15(19(21)24-2)7-8-18(14)27(22,23)20(12-16-5-3-9-25-16)13-17-6-4-10-26-17/h3-11H,12-13H2,1-2H3. The number of thiophene rings is 2. The van der Waals surface area contributed by atoms with Crippen molar-refractivity contribution in [3.63, 3.8) is 0 Å². The molecule has 0 aliphatic heterocycles. The zero-order valence-electron chi connectivity index (χ0n) is 14.9. The summed E-state index contributed by atoms with van der Waals surface area (Å²) in [6, 6.07) is 12.2. The van der Waals surface area contributed by atoms with E-state index < -0.39 is 16.0 Å². The van der Waals surface area contributed by atoms with Crippen LogP contribution in [-0.4, -0.2) is 25.8 Å². The Kier molecular flexibility index (Phi) is 6.11. The molecule has 2 aromatic heterocycles. The minimum absolute atomic E-state index is 0.197. The number of sulfonamides is 1. The SMILES string of the molecule is COC(=O)c1ccc(S(=O)(=O)N(Cc2cccs2)Cc2cccs2)c(C)c1. The van der Waals surface area contributed by atoms with Gasteiger partial charge in [-0.05, 0) is 53.6 Å². The van der Waals surface area contributed by atoms with Crippen molar-refractivity contribution in [3.8, 4) is 0 Å². The van der Waals surface area contributed by atoms with Crippen LogP contribution in [-0.2, 0) is 27.8 Å². The second-order valence-electron chi connectivity index (χ2n) is 5.90. The molecule has 0 atom stereocenters. The first-order valence-electron chi connectivity index (χ1n) is 8.15. The molecule has 0 N–H and O–H groups in total. The van der Waals surface area contributed by atoms with E-state index in [9.17, 15) is 13.2 Å². The Morgan fingerprint density at radius 2 is 1.63 bits per heavy atom. The highest BCUT2D eigenvalue weighted by Crippen LogP contribution is 2.27. The van der Waals surface area contributed by atoms with Crippen LogP contribution >= 0.6 is 22.7 Å². The molecule has 0 aliphatic carbocycles. The van der Waals surface area contributed by atoms with Gasteiger partial charge < -0.3 is 4.74 Å². The average Bonchev–Trinajstić information content (AvgIpc) is 3.34. The molecule has 2 heterocycles. The van der Waals surface area contributed by atoms with E-state index in [0.29, 0.717) is 24.2 Å². The van der Waals surface area contributed by atoms with Crippen molar-refractivity contribution in [2.45, 2.75) is 24.9 Å². The van der Waals surface area contributed by atoms with Crippen molar-refractivity contribution < 1.29 is 17.9 Å². The van der Waals surface area contributed by atoms with E-state index in [-0.39, 0.29) is 4.90 Å². The second kappa shape index (κ2) is 8.35. The van der Waals surface area contributed by atoms with Gasteiger partial charge in [-0.25, -0.2) is 13.2 Å². The summed E-state index contributed by atoms with van der Waals surface area (Å²) >= 11 is 3.05. The molecule has 0 saturated carbocycles. The molecule has 0 aliphatic rings. The van der Waals surface area contributed by atoms with Gasteiger partial charge in [-0.15, -0.1) is 22.7 Å². The van der Waals surface area contributed by atoms with Gasteiger partial charge in [0.25, 0.3) is 0 Å². The van der Waals surface area contributed by atoms with Crippen LogP contribution in [0, 0.1) is 6.92 Å². The quantitative estimate of drug-likeness (QED) is 0.534. The van der Waals surface area contributed by atoms with Crippen LogP contribution in [0.5, 0.6) is 0 Å². The van der Waals surface area contributed by atoms with E-state index in [4.69, 9.17) is 4.74 Å². The van der Waals surface area contributed by atoms with Gasteiger partial charge in [-0.3, -0.25) is 0 Å². The van der Waals surface area contributed by atoms with Crippen LogP contribution in [0.4, 0.5) is 0 Å². The summed E-state index contributed by atoms with van der Waals surface area (Å²) in [7, 11) is -2.44. The summed E-state index contributed by atoms with van der Waals surface area (Å²) in [6.07, 6.45) is 0. The topological polar surface area (TPSA) is 63.7 Å². The van der Waals surface area contributed by atoms with Gasteiger partial charge in [0.1, 0.15) is 0 Å². The van der Waals surface area contributed by atoms with Crippen LogP contribution < -0.4 is 0 Å². The van der Waals surface area contributed by atoms with Gasteiger partial charge in [0.15, 0.2) is 0 Å². The van der Waals surface area contributed by atoms with Gasteiger partial charge >= 0.3 is 5.97 Å². The van der Waals surface area contributed by atoms with Gasteiger partial charge in [0.2, 0.25) is 10.0 Å². The predicted octanol–water partition coefficient (Wildman–Crippen LogP) is 4.30. The van der Waals surface area contributed by atoms with Crippen LogP contribution in [0.15, 0.2) is 58.1 Å². The Hall–Kier alpha value is -2.00. The number of ether oxygens (including phenoxy) is 1. The van der Waals surface area contributed by atoms with E-state index in [1.54, 1.807) is 13.0 Å². The molecule has 142 valence electrons. The van der Waals surface area contributed by atoms with E-state index in [1.807, 2.05) is 35.0 Å². The molecule has 0 saturated heterocycles. The molecular weight excluding hydrogens is 402 g/mol. The summed E-state index contributed by atoms with van der Waals surface area (Å²) < 4.78 is 32.9. The molecule has 0 radical (unpaired) electrons. The second-order valence-corrected chi connectivity index (χ2v) is 9.87. The maximum absolute atomic E-state index is 13.4. The van der Waals surface area contributed by atoms with Crippen LogP contribution in [0.25, 0.3) is 0 Å². The minimum atomic E-state index is -3.74. The van der Waals surface area contributed by atoms with Crippen molar-refractivity contribution in [1.82, 2.24) is 4.31 Å². The third kappa shape index (κ3) is 4.47. The molecular formula is C19H19NO4S3. The number of carbonyl (C=O) groups excluding carboxylic acids is 1.